The Bertz CT molecular complexity index is 905. The van der Waals surface area contributed by atoms with Crippen LogP contribution in [0.2, 0.25) is 0 Å². The van der Waals surface area contributed by atoms with Gasteiger partial charge < -0.3 is 9.57 Å². The second-order valence-electron chi connectivity index (χ2n) is 7.98. The molecule has 6 nitrogen and oxygen atoms in total. The standard InChI is InChI=1S/C19H22F5NO5S/c1-31(27,28)17-15(20)6-11(7-16(17)21)9-29-10-13-8-14(13)12-2-4-25(5-3-12)30-18(26)19(22,23)24/h6-7,12-14H,2-5,8-10H2,1H3/t13-,14+/m0/s1. The lowest BCUT2D eigenvalue weighted by Crippen LogP contribution is -2.40. The molecule has 1 saturated carbocycles. The van der Waals surface area contributed by atoms with E-state index in [0.29, 0.717) is 25.4 Å². The molecule has 0 aromatic heterocycles. The fourth-order valence-corrected chi connectivity index (χ4v) is 4.81. The summed E-state index contributed by atoms with van der Waals surface area (Å²) in [7, 11) is -4.02. The summed E-state index contributed by atoms with van der Waals surface area (Å²) in [4.78, 5) is 14.2. The summed E-state index contributed by atoms with van der Waals surface area (Å²) in [5.41, 5.74) is 0.180. The Hall–Kier alpha value is -1.79. The van der Waals surface area contributed by atoms with Gasteiger partial charge in [-0.3, -0.25) is 0 Å². The summed E-state index contributed by atoms with van der Waals surface area (Å²) in [5, 5.41) is 1.03. The lowest BCUT2D eigenvalue weighted by molar-refractivity contribution is -0.242. The van der Waals surface area contributed by atoms with Crippen LogP contribution in [-0.2, 0) is 30.8 Å². The smallest absolute Gasteiger partial charge is 0.376 e. The van der Waals surface area contributed by atoms with Gasteiger partial charge in [0.2, 0.25) is 0 Å². The number of hydrogen-bond donors (Lipinski definition) is 0. The quantitative estimate of drug-likeness (QED) is 0.569. The Kier molecular flexibility index (Phi) is 6.92. The highest BCUT2D eigenvalue weighted by Crippen LogP contribution is 2.48. The normalized spacial score (nSPS) is 23.0. The van der Waals surface area contributed by atoms with E-state index in [-0.39, 0.29) is 37.1 Å². The second kappa shape index (κ2) is 8.99. The van der Waals surface area contributed by atoms with Crippen molar-refractivity contribution < 1.29 is 44.7 Å². The van der Waals surface area contributed by atoms with Gasteiger partial charge >= 0.3 is 12.1 Å². The highest BCUT2D eigenvalue weighted by Gasteiger charge is 2.46. The molecule has 3 rings (SSSR count). The van der Waals surface area contributed by atoms with E-state index < -0.39 is 38.5 Å². The van der Waals surface area contributed by atoms with Crippen molar-refractivity contribution in [2.75, 3.05) is 26.0 Å². The number of halogens is 5. The maximum atomic E-state index is 13.9. The maximum absolute atomic E-state index is 13.9. The average Bonchev–Trinajstić information content (AvgIpc) is 3.39. The highest BCUT2D eigenvalue weighted by atomic mass is 32.2. The molecule has 1 heterocycles. The minimum atomic E-state index is -5.02. The van der Waals surface area contributed by atoms with Gasteiger partial charge in [-0.2, -0.15) is 13.2 Å². The van der Waals surface area contributed by atoms with Crippen molar-refractivity contribution in [2.24, 2.45) is 17.8 Å². The van der Waals surface area contributed by atoms with Crippen LogP contribution in [0.15, 0.2) is 17.0 Å². The van der Waals surface area contributed by atoms with Gasteiger partial charge in [0, 0.05) is 19.3 Å². The molecule has 0 amide bonds. The van der Waals surface area contributed by atoms with Crippen molar-refractivity contribution in [1.29, 1.82) is 0 Å². The number of carbonyl (C=O) groups excluding carboxylic acids is 1. The summed E-state index contributed by atoms with van der Waals surface area (Å²) in [6, 6.07) is 1.86. The van der Waals surface area contributed by atoms with Gasteiger partial charge in [0.05, 0.1) is 13.2 Å². The molecule has 2 aliphatic rings. The number of hydrogen-bond acceptors (Lipinski definition) is 6. The van der Waals surface area contributed by atoms with Crippen LogP contribution in [0, 0.1) is 29.4 Å². The minimum Gasteiger partial charge on any atom is -0.376 e. The third kappa shape index (κ3) is 6.13. The van der Waals surface area contributed by atoms with E-state index in [2.05, 4.69) is 4.84 Å². The SMILES string of the molecule is CS(=O)(=O)c1c(F)cc(COC[C@@H]2C[C@@H]2C2CCN(OC(=O)C(F)(F)F)CC2)cc1F. The van der Waals surface area contributed by atoms with Crippen LogP contribution >= 0.6 is 0 Å². The third-order valence-corrected chi connectivity index (χ3v) is 6.69. The number of nitrogens with zero attached hydrogens (tertiary/aromatic N) is 1. The molecule has 12 heteroatoms. The van der Waals surface area contributed by atoms with E-state index in [1.54, 1.807) is 0 Å². The fourth-order valence-electron chi connectivity index (χ4n) is 3.98. The summed E-state index contributed by atoms with van der Waals surface area (Å²) >= 11 is 0. The van der Waals surface area contributed by atoms with Crippen LogP contribution in [0.4, 0.5) is 22.0 Å². The van der Waals surface area contributed by atoms with Crippen molar-refractivity contribution in [2.45, 2.75) is 36.9 Å². The Labute approximate surface area is 176 Å². The van der Waals surface area contributed by atoms with Crippen molar-refractivity contribution in [3.63, 3.8) is 0 Å². The largest absolute Gasteiger partial charge is 0.492 e. The second-order valence-corrected chi connectivity index (χ2v) is 9.93. The summed E-state index contributed by atoms with van der Waals surface area (Å²) in [6.07, 6.45) is -2.23. The van der Waals surface area contributed by atoms with Crippen LogP contribution in [0.5, 0.6) is 0 Å². The van der Waals surface area contributed by atoms with Gasteiger partial charge in [-0.05, 0) is 54.7 Å². The highest BCUT2D eigenvalue weighted by molar-refractivity contribution is 7.90. The lowest BCUT2D eigenvalue weighted by Gasteiger charge is -2.30. The van der Waals surface area contributed by atoms with E-state index in [0.717, 1.165) is 29.9 Å². The zero-order chi connectivity index (χ0) is 23.0. The zero-order valence-electron chi connectivity index (χ0n) is 16.6. The molecular formula is C19H22F5NO5S. The molecule has 0 unspecified atom stereocenters. The van der Waals surface area contributed by atoms with Crippen LogP contribution in [0.25, 0.3) is 0 Å². The van der Waals surface area contributed by atoms with E-state index in [4.69, 9.17) is 4.74 Å². The molecule has 0 bridgehead atoms. The lowest BCUT2D eigenvalue weighted by atomic mass is 9.92. The number of piperidine rings is 1. The Morgan fingerprint density at radius 3 is 2.26 bits per heavy atom. The van der Waals surface area contributed by atoms with Crippen molar-refractivity contribution in [3.05, 3.63) is 29.3 Å². The van der Waals surface area contributed by atoms with E-state index in [1.165, 1.54) is 0 Å². The number of ether oxygens (including phenoxy) is 1. The van der Waals surface area contributed by atoms with Crippen molar-refractivity contribution in [1.82, 2.24) is 5.06 Å². The maximum Gasteiger partial charge on any atom is 0.492 e. The van der Waals surface area contributed by atoms with Crippen LogP contribution in [0.1, 0.15) is 24.8 Å². The Balaban J connectivity index is 1.41. The molecule has 1 aromatic carbocycles. The first-order valence-corrected chi connectivity index (χ1v) is 11.5. The average molecular weight is 471 g/mol. The molecule has 2 fully saturated rings. The van der Waals surface area contributed by atoms with Crippen LogP contribution < -0.4 is 0 Å². The molecule has 31 heavy (non-hydrogen) atoms. The topological polar surface area (TPSA) is 72.9 Å². The summed E-state index contributed by atoms with van der Waals surface area (Å²) in [6.45, 7) is 0.724. The number of carbonyl (C=O) groups is 1. The molecule has 0 spiro atoms. The molecule has 174 valence electrons. The molecule has 1 aromatic rings. The molecule has 1 saturated heterocycles. The number of alkyl halides is 3. The van der Waals surface area contributed by atoms with Gasteiger partial charge in [-0.25, -0.2) is 22.0 Å². The first kappa shape index (κ1) is 23.9. The fraction of sp³-hybridized carbons (Fsp3) is 0.632. The zero-order valence-corrected chi connectivity index (χ0v) is 17.4. The van der Waals surface area contributed by atoms with Gasteiger partial charge in [0.25, 0.3) is 0 Å². The van der Waals surface area contributed by atoms with Crippen molar-refractivity contribution in [3.8, 4) is 0 Å². The predicted octanol–water partition coefficient (Wildman–Crippen LogP) is 3.25. The van der Waals surface area contributed by atoms with Crippen molar-refractivity contribution >= 4 is 15.8 Å². The molecule has 0 radical (unpaired) electrons. The number of sulfone groups is 1. The number of benzene rings is 1. The first-order chi connectivity index (χ1) is 14.4. The number of hydroxylamine groups is 2. The molecule has 1 aliphatic heterocycles. The Morgan fingerprint density at radius 2 is 1.74 bits per heavy atom. The molecular weight excluding hydrogens is 449 g/mol. The molecule has 2 atom stereocenters. The van der Waals surface area contributed by atoms with E-state index >= 15 is 0 Å². The third-order valence-electron chi connectivity index (χ3n) is 5.55. The summed E-state index contributed by atoms with van der Waals surface area (Å²) < 4.78 is 92.9. The molecule has 1 aliphatic carbocycles. The van der Waals surface area contributed by atoms with E-state index in [1.807, 2.05) is 0 Å². The van der Waals surface area contributed by atoms with E-state index in [9.17, 15) is 35.2 Å². The number of rotatable bonds is 7. The Morgan fingerprint density at radius 1 is 1.16 bits per heavy atom. The molecule has 0 N–H and O–H groups in total. The first-order valence-electron chi connectivity index (χ1n) is 9.66. The van der Waals surface area contributed by atoms with Gasteiger partial charge in [-0.1, -0.05) is 0 Å². The minimum absolute atomic E-state index is 0.0764. The van der Waals surface area contributed by atoms with Gasteiger partial charge in [0.15, 0.2) is 9.84 Å². The van der Waals surface area contributed by atoms with Gasteiger partial charge in [-0.15, -0.1) is 5.06 Å². The van der Waals surface area contributed by atoms with Crippen LogP contribution in [-0.4, -0.2) is 51.6 Å². The van der Waals surface area contributed by atoms with Gasteiger partial charge in [0.1, 0.15) is 16.5 Å². The summed E-state index contributed by atoms with van der Waals surface area (Å²) in [5.74, 6) is -3.70. The predicted molar refractivity (Wildman–Crippen MR) is 97.2 cm³/mol. The monoisotopic (exact) mass is 471 g/mol. The van der Waals surface area contributed by atoms with Crippen LogP contribution in [0.3, 0.4) is 0 Å².